The molecule has 0 aliphatic rings. The van der Waals surface area contributed by atoms with Crippen LogP contribution in [0.4, 0.5) is 0 Å². The van der Waals surface area contributed by atoms with Gasteiger partial charge in [0.15, 0.2) is 0 Å². The van der Waals surface area contributed by atoms with Gasteiger partial charge in [-0.1, -0.05) is 45.9 Å². The predicted octanol–water partition coefficient (Wildman–Crippen LogP) is 4.55. The van der Waals surface area contributed by atoms with E-state index >= 15 is 0 Å². The normalized spacial score (nSPS) is 11.0. The molecular formula is C15H23. The Hall–Kier alpha value is -0.780. The lowest BCUT2D eigenvalue weighted by Crippen LogP contribution is -2.04. The van der Waals surface area contributed by atoms with Crippen LogP contribution in [0.5, 0.6) is 0 Å². The molecule has 0 aliphatic carbocycles. The maximum Gasteiger partial charge on any atom is 0.00473 e. The summed E-state index contributed by atoms with van der Waals surface area (Å²) in [5, 5.41) is 0. The molecule has 83 valence electrons. The molecule has 0 N–H and O–H groups in total. The summed E-state index contributed by atoms with van der Waals surface area (Å²) >= 11 is 0. The van der Waals surface area contributed by atoms with E-state index in [0.717, 1.165) is 12.8 Å². The Morgan fingerprint density at radius 1 is 0.933 bits per heavy atom. The van der Waals surface area contributed by atoms with Crippen molar-refractivity contribution < 1.29 is 0 Å². The molecule has 0 spiro atoms. The highest BCUT2D eigenvalue weighted by molar-refractivity contribution is 5.43. The summed E-state index contributed by atoms with van der Waals surface area (Å²) in [5.41, 5.74) is 4.61. The molecule has 0 aliphatic heterocycles. The minimum Gasteiger partial charge on any atom is -0.0645 e. The highest BCUT2D eigenvalue weighted by atomic mass is 14.2. The van der Waals surface area contributed by atoms with E-state index in [4.69, 9.17) is 0 Å². The molecule has 0 amide bonds. The lowest BCUT2D eigenvalue weighted by atomic mass is 9.86. The van der Waals surface area contributed by atoms with E-state index < -0.39 is 0 Å². The monoisotopic (exact) mass is 203 g/mol. The Morgan fingerprint density at radius 3 is 2.07 bits per heavy atom. The SMILES string of the molecule is CC[C](CC)c1cccc(CC)c1CC. The van der Waals surface area contributed by atoms with Crippen LogP contribution in [0.15, 0.2) is 18.2 Å². The van der Waals surface area contributed by atoms with Crippen molar-refractivity contribution in [1.82, 2.24) is 0 Å². The average Bonchev–Trinajstić information content (AvgIpc) is 2.30. The van der Waals surface area contributed by atoms with Crippen LogP contribution >= 0.6 is 0 Å². The maximum atomic E-state index is 2.29. The molecule has 1 aromatic rings. The van der Waals surface area contributed by atoms with E-state index in [9.17, 15) is 0 Å². The summed E-state index contributed by atoms with van der Waals surface area (Å²) in [7, 11) is 0. The molecule has 1 radical (unpaired) electrons. The summed E-state index contributed by atoms with van der Waals surface area (Å²) in [6, 6.07) is 6.77. The van der Waals surface area contributed by atoms with Gasteiger partial charge in [-0.25, -0.2) is 0 Å². The topological polar surface area (TPSA) is 0 Å². The van der Waals surface area contributed by atoms with Crippen LogP contribution in [-0.4, -0.2) is 0 Å². The van der Waals surface area contributed by atoms with E-state index in [1.807, 2.05) is 0 Å². The molecule has 0 bridgehead atoms. The van der Waals surface area contributed by atoms with Crippen LogP contribution in [0.1, 0.15) is 57.2 Å². The van der Waals surface area contributed by atoms with E-state index in [1.165, 1.54) is 24.0 Å². The van der Waals surface area contributed by atoms with Gasteiger partial charge < -0.3 is 0 Å². The summed E-state index contributed by atoms with van der Waals surface area (Å²) in [5.74, 6) is 1.60. The summed E-state index contributed by atoms with van der Waals surface area (Å²) in [4.78, 5) is 0. The van der Waals surface area contributed by atoms with Gasteiger partial charge in [-0.15, -0.1) is 0 Å². The predicted molar refractivity (Wildman–Crippen MR) is 68.1 cm³/mol. The zero-order chi connectivity index (χ0) is 11.3. The maximum absolute atomic E-state index is 2.29. The molecule has 0 aromatic heterocycles. The lowest BCUT2D eigenvalue weighted by Gasteiger charge is -2.18. The van der Waals surface area contributed by atoms with Crippen LogP contribution in [-0.2, 0) is 12.8 Å². The molecule has 1 rings (SSSR count). The Labute approximate surface area is 94.7 Å². The van der Waals surface area contributed by atoms with Crippen molar-refractivity contribution in [3.05, 3.63) is 40.8 Å². The number of rotatable bonds is 5. The Balaban J connectivity index is 3.15. The highest BCUT2D eigenvalue weighted by Gasteiger charge is 2.13. The number of hydrogen-bond donors (Lipinski definition) is 0. The molecule has 0 saturated carbocycles. The third kappa shape index (κ3) is 2.62. The molecule has 1 aromatic carbocycles. The summed E-state index contributed by atoms with van der Waals surface area (Å²) < 4.78 is 0. The molecule has 0 fully saturated rings. The quantitative estimate of drug-likeness (QED) is 0.658. The van der Waals surface area contributed by atoms with Gasteiger partial charge >= 0.3 is 0 Å². The van der Waals surface area contributed by atoms with E-state index in [1.54, 1.807) is 11.5 Å². The van der Waals surface area contributed by atoms with Crippen LogP contribution in [0.25, 0.3) is 0 Å². The lowest BCUT2D eigenvalue weighted by molar-refractivity contribution is 0.832. The first-order valence-electron chi connectivity index (χ1n) is 6.24. The second-order valence-electron chi connectivity index (χ2n) is 3.96. The molecule has 0 atom stereocenters. The first-order chi connectivity index (χ1) is 7.28. The standard InChI is InChI=1S/C15H23/c1-5-12(6-2)15-11-9-10-13(7-3)14(15)8-4/h9-11H,5-8H2,1-4H3. The van der Waals surface area contributed by atoms with E-state index in [-0.39, 0.29) is 0 Å². The van der Waals surface area contributed by atoms with Gasteiger partial charge in [0, 0.05) is 5.92 Å². The van der Waals surface area contributed by atoms with Crippen molar-refractivity contribution in [2.75, 3.05) is 0 Å². The van der Waals surface area contributed by atoms with Crippen LogP contribution in [0.3, 0.4) is 0 Å². The van der Waals surface area contributed by atoms with E-state index in [2.05, 4.69) is 45.9 Å². The van der Waals surface area contributed by atoms with Gasteiger partial charge in [-0.3, -0.25) is 0 Å². The van der Waals surface area contributed by atoms with Crippen LogP contribution in [0, 0.1) is 5.92 Å². The van der Waals surface area contributed by atoms with Gasteiger partial charge in [0.25, 0.3) is 0 Å². The zero-order valence-corrected chi connectivity index (χ0v) is 10.6. The molecule has 0 heterocycles. The number of hydrogen-bond acceptors (Lipinski definition) is 0. The van der Waals surface area contributed by atoms with Crippen molar-refractivity contribution >= 4 is 0 Å². The molecule has 0 heteroatoms. The minimum absolute atomic E-state index is 1.15. The van der Waals surface area contributed by atoms with Gasteiger partial charge in [0.1, 0.15) is 0 Å². The van der Waals surface area contributed by atoms with Gasteiger partial charge in [0.2, 0.25) is 0 Å². The minimum atomic E-state index is 1.15. The van der Waals surface area contributed by atoms with Crippen molar-refractivity contribution in [1.29, 1.82) is 0 Å². The fourth-order valence-electron chi connectivity index (χ4n) is 2.35. The Morgan fingerprint density at radius 2 is 1.60 bits per heavy atom. The molecular weight excluding hydrogens is 180 g/mol. The first kappa shape index (κ1) is 12.3. The first-order valence-corrected chi connectivity index (χ1v) is 6.24. The van der Waals surface area contributed by atoms with Gasteiger partial charge in [-0.2, -0.15) is 0 Å². The van der Waals surface area contributed by atoms with Crippen molar-refractivity contribution in [3.63, 3.8) is 0 Å². The molecule has 0 nitrogen and oxygen atoms in total. The second-order valence-corrected chi connectivity index (χ2v) is 3.96. The number of benzene rings is 1. The Bertz CT molecular complexity index is 295. The third-order valence-electron chi connectivity index (χ3n) is 3.24. The molecule has 0 unspecified atom stereocenters. The largest absolute Gasteiger partial charge is 0.0645 e. The van der Waals surface area contributed by atoms with Crippen molar-refractivity contribution in [3.8, 4) is 0 Å². The smallest absolute Gasteiger partial charge is 0.00473 e. The van der Waals surface area contributed by atoms with Crippen molar-refractivity contribution in [2.24, 2.45) is 0 Å². The van der Waals surface area contributed by atoms with Gasteiger partial charge in [-0.05, 0) is 42.4 Å². The number of aryl methyl sites for hydroxylation is 1. The van der Waals surface area contributed by atoms with Crippen LogP contribution < -0.4 is 0 Å². The fourth-order valence-corrected chi connectivity index (χ4v) is 2.35. The third-order valence-corrected chi connectivity index (χ3v) is 3.24. The summed E-state index contributed by atoms with van der Waals surface area (Å²) in [6.07, 6.45) is 4.66. The highest BCUT2D eigenvalue weighted by Crippen LogP contribution is 2.28. The zero-order valence-electron chi connectivity index (χ0n) is 10.6. The fraction of sp³-hybridized carbons (Fsp3) is 0.533. The Kier molecular flexibility index (Phi) is 4.87. The summed E-state index contributed by atoms with van der Waals surface area (Å²) in [6.45, 7) is 9.03. The van der Waals surface area contributed by atoms with Crippen molar-refractivity contribution in [2.45, 2.75) is 53.4 Å². The van der Waals surface area contributed by atoms with Crippen LogP contribution in [0.2, 0.25) is 0 Å². The molecule has 0 saturated heterocycles. The second kappa shape index (κ2) is 5.95. The van der Waals surface area contributed by atoms with Gasteiger partial charge in [0.05, 0.1) is 0 Å². The molecule has 15 heavy (non-hydrogen) atoms. The van der Waals surface area contributed by atoms with E-state index in [0.29, 0.717) is 0 Å². The average molecular weight is 203 g/mol.